The van der Waals surface area contributed by atoms with E-state index in [4.69, 9.17) is 4.42 Å². The van der Waals surface area contributed by atoms with Crippen LogP contribution in [0.1, 0.15) is 52.3 Å². The second-order valence-corrected chi connectivity index (χ2v) is 6.30. The number of nitrogens with one attached hydrogen (secondary N) is 1. The minimum absolute atomic E-state index is 0.0724. The van der Waals surface area contributed by atoms with Gasteiger partial charge in [0.25, 0.3) is 0 Å². The fourth-order valence-electron chi connectivity index (χ4n) is 2.47. The topological polar surface area (TPSA) is 54.2 Å². The minimum atomic E-state index is -0.0724. The highest BCUT2D eigenvalue weighted by molar-refractivity contribution is 4.96. The van der Waals surface area contributed by atoms with E-state index in [1.54, 1.807) is 0 Å². The molecule has 2 rings (SSSR count). The standard InChI is InChI=1S/C14H26N4O/c1-5-18(11-6-8-15-9-7-11)10-12-16-17-13(19-12)14(2,3)4/h11,15H,5-10H2,1-4H3. The van der Waals surface area contributed by atoms with Crippen molar-refractivity contribution in [3.05, 3.63) is 11.8 Å². The molecule has 1 N–H and O–H groups in total. The first-order valence-corrected chi connectivity index (χ1v) is 7.28. The van der Waals surface area contributed by atoms with Crippen molar-refractivity contribution in [1.29, 1.82) is 0 Å². The highest BCUT2D eigenvalue weighted by Gasteiger charge is 2.24. The Balaban J connectivity index is 1.99. The zero-order valence-electron chi connectivity index (χ0n) is 12.6. The molecule has 5 heteroatoms. The smallest absolute Gasteiger partial charge is 0.230 e. The first-order valence-electron chi connectivity index (χ1n) is 7.28. The number of rotatable bonds is 4. The van der Waals surface area contributed by atoms with Gasteiger partial charge in [-0.1, -0.05) is 27.7 Å². The number of nitrogens with zero attached hydrogens (tertiary/aromatic N) is 3. The van der Waals surface area contributed by atoms with Crippen molar-refractivity contribution in [3.8, 4) is 0 Å². The van der Waals surface area contributed by atoms with E-state index in [1.165, 1.54) is 12.8 Å². The zero-order chi connectivity index (χ0) is 13.9. The van der Waals surface area contributed by atoms with Gasteiger partial charge < -0.3 is 9.73 Å². The summed E-state index contributed by atoms with van der Waals surface area (Å²) in [5.74, 6) is 1.47. The molecule has 0 spiro atoms. The van der Waals surface area contributed by atoms with Gasteiger partial charge in [-0.3, -0.25) is 4.90 Å². The molecule has 0 unspecified atom stereocenters. The van der Waals surface area contributed by atoms with Crippen molar-refractivity contribution in [2.45, 2.75) is 58.5 Å². The van der Waals surface area contributed by atoms with Crippen LogP contribution in [0, 0.1) is 0 Å². The zero-order valence-corrected chi connectivity index (χ0v) is 12.6. The summed E-state index contributed by atoms with van der Waals surface area (Å²) in [5.41, 5.74) is -0.0724. The maximum atomic E-state index is 5.79. The Morgan fingerprint density at radius 2 is 1.95 bits per heavy atom. The van der Waals surface area contributed by atoms with Gasteiger partial charge in [-0.2, -0.15) is 0 Å². The molecule has 108 valence electrons. The molecule has 1 aliphatic heterocycles. The van der Waals surface area contributed by atoms with Gasteiger partial charge in [0.1, 0.15) is 0 Å². The summed E-state index contributed by atoms with van der Waals surface area (Å²) < 4.78 is 5.79. The van der Waals surface area contributed by atoms with Gasteiger partial charge in [-0.15, -0.1) is 10.2 Å². The van der Waals surface area contributed by atoms with Crippen molar-refractivity contribution >= 4 is 0 Å². The molecule has 1 fully saturated rings. The average molecular weight is 266 g/mol. The quantitative estimate of drug-likeness (QED) is 0.902. The molecule has 0 radical (unpaired) electrons. The monoisotopic (exact) mass is 266 g/mol. The van der Waals surface area contributed by atoms with Crippen LogP contribution in [0.15, 0.2) is 4.42 Å². The van der Waals surface area contributed by atoms with Crippen molar-refractivity contribution < 1.29 is 4.42 Å². The third-order valence-corrected chi connectivity index (χ3v) is 3.68. The first-order chi connectivity index (χ1) is 9.00. The van der Waals surface area contributed by atoms with Crippen LogP contribution in [0.3, 0.4) is 0 Å². The van der Waals surface area contributed by atoms with Crippen LogP contribution in [0.5, 0.6) is 0 Å². The summed E-state index contributed by atoms with van der Waals surface area (Å²) in [5, 5.41) is 11.8. The van der Waals surface area contributed by atoms with Crippen LogP contribution in [0.2, 0.25) is 0 Å². The Morgan fingerprint density at radius 3 is 2.47 bits per heavy atom. The Hall–Kier alpha value is -0.940. The van der Waals surface area contributed by atoms with Gasteiger partial charge in [0.05, 0.1) is 6.54 Å². The molecule has 1 aliphatic rings. The van der Waals surface area contributed by atoms with Crippen LogP contribution >= 0.6 is 0 Å². The fraction of sp³-hybridized carbons (Fsp3) is 0.857. The first kappa shape index (κ1) is 14.5. The van der Waals surface area contributed by atoms with Crippen molar-refractivity contribution in [1.82, 2.24) is 20.4 Å². The summed E-state index contributed by atoms with van der Waals surface area (Å²) in [6.07, 6.45) is 2.40. The Morgan fingerprint density at radius 1 is 1.26 bits per heavy atom. The van der Waals surface area contributed by atoms with E-state index in [1.807, 2.05) is 0 Å². The molecule has 1 saturated heterocycles. The molecule has 0 atom stereocenters. The van der Waals surface area contributed by atoms with Crippen LogP contribution in [-0.4, -0.2) is 40.8 Å². The molecule has 0 bridgehead atoms. The molecule has 0 aliphatic carbocycles. The maximum absolute atomic E-state index is 5.79. The lowest BCUT2D eigenvalue weighted by Gasteiger charge is -2.32. The molecule has 5 nitrogen and oxygen atoms in total. The molecule has 0 saturated carbocycles. The lowest BCUT2D eigenvalue weighted by atomic mass is 9.97. The lowest BCUT2D eigenvalue weighted by Crippen LogP contribution is -2.42. The van der Waals surface area contributed by atoms with Gasteiger partial charge in [0.2, 0.25) is 11.8 Å². The number of aromatic nitrogens is 2. The molecule has 1 aromatic rings. The van der Waals surface area contributed by atoms with E-state index in [0.29, 0.717) is 6.04 Å². The second-order valence-electron chi connectivity index (χ2n) is 6.30. The fourth-order valence-corrected chi connectivity index (χ4v) is 2.47. The lowest BCUT2D eigenvalue weighted by molar-refractivity contribution is 0.147. The van der Waals surface area contributed by atoms with Crippen LogP contribution in [-0.2, 0) is 12.0 Å². The average Bonchev–Trinajstić information content (AvgIpc) is 2.85. The molecule has 19 heavy (non-hydrogen) atoms. The summed E-state index contributed by atoms with van der Waals surface area (Å²) in [7, 11) is 0. The van der Waals surface area contributed by atoms with E-state index in [0.717, 1.165) is 38.0 Å². The SMILES string of the molecule is CCN(Cc1nnc(C(C)(C)C)o1)C1CCNCC1. The van der Waals surface area contributed by atoms with Crippen molar-refractivity contribution in [2.75, 3.05) is 19.6 Å². The van der Waals surface area contributed by atoms with Gasteiger partial charge in [0, 0.05) is 11.5 Å². The third-order valence-electron chi connectivity index (χ3n) is 3.68. The molecule has 0 amide bonds. The normalized spacial score (nSPS) is 18.2. The Kier molecular flexibility index (Phi) is 4.58. The third kappa shape index (κ3) is 3.76. The van der Waals surface area contributed by atoms with E-state index in [9.17, 15) is 0 Å². The highest BCUT2D eigenvalue weighted by atomic mass is 16.4. The number of hydrogen-bond donors (Lipinski definition) is 1. The van der Waals surface area contributed by atoms with Gasteiger partial charge >= 0.3 is 0 Å². The number of piperidine rings is 1. The largest absolute Gasteiger partial charge is 0.423 e. The Bertz CT molecular complexity index is 390. The summed E-state index contributed by atoms with van der Waals surface area (Å²) in [4.78, 5) is 2.45. The molecule has 0 aromatic carbocycles. The van der Waals surface area contributed by atoms with Crippen molar-refractivity contribution in [2.24, 2.45) is 0 Å². The Labute approximate surface area is 115 Å². The maximum Gasteiger partial charge on any atom is 0.230 e. The molecular weight excluding hydrogens is 240 g/mol. The predicted molar refractivity (Wildman–Crippen MR) is 75.0 cm³/mol. The van der Waals surface area contributed by atoms with E-state index in [-0.39, 0.29) is 5.41 Å². The molecule has 1 aromatic heterocycles. The van der Waals surface area contributed by atoms with Crippen LogP contribution in [0.25, 0.3) is 0 Å². The summed E-state index contributed by atoms with van der Waals surface area (Å²) >= 11 is 0. The van der Waals surface area contributed by atoms with E-state index in [2.05, 4.69) is 48.1 Å². The summed E-state index contributed by atoms with van der Waals surface area (Å²) in [6.45, 7) is 12.5. The van der Waals surface area contributed by atoms with E-state index < -0.39 is 0 Å². The van der Waals surface area contributed by atoms with E-state index >= 15 is 0 Å². The second kappa shape index (κ2) is 6.01. The van der Waals surface area contributed by atoms with Gasteiger partial charge in [-0.05, 0) is 32.5 Å². The highest BCUT2D eigenvalue weighted by Crippen LogP contribution is 2.21. The summed E-state index contributed by atoms with van der Waals surface area (Å²) in [6, 6.07) is 0.635. The van der Waals surface area contributed by atoms with Gasteiger partial charge in [-0.25, -0.2) is 0 Å². The molecule has 2 heterocycles. The van der Waals surface area contributed by atoms with Gasteiger partial charge in [0.15, 0.2) is 0 Å². The van der Waals surface area contributed by atoms with Crippen LogP contribution in [0.4, 0.5) is 0 Å². The minimum Gasteiger partial charge on any atom is -0.423 e. The number of hydrogen-bond acceptors (Lipinski definition) is 5. The predicted octanol–water partition coefficient (Wildman–Crippen LogP) is 1.94. The van der Waals surface area contributed by atoms with Crippen LogP contribution < -0.4 is 5.32 Å². The molecular formula is C14H26N4O. The van der Waals surface area contributed by atoms with Crippen molar-refractivity contribution in [3.63, 3.8) is 0 Å².